The van der Waals surface area contributed by atoms with Gasteiger partial charge in [-0.05, 0) is 42.9 Å². The van der Waals surface area contributed by atoms with Crippen LogP contribution < -0.4 is 5.32 Å². The molecule has 7 nitrogen and oxygen atoms in total. The highest BCUT2D eigenvalue weighted by Gasteiger charge is 2.21. The minimum Gasteiger partial charge on any atom is -0.337 e. The Morgan fingerprint density at radius 2 is 2.04 bits per heavy atom. The van der Waals surface area contributed by atoms with Gasteiger partial charge < -0.3 is 9.84 Å². The normalized spacial score (nSPS) is 12.7. The minimum atomic E-state index is -0.00854. The van der Waals surface area contributed by atoms with Crippen LogP contribution in [0.2, 0.25) is 0 Å². The van der Waals surface area contributed by atoms with Crippen LogP contribution in [-0.4, -0.2) is 25.3 Å². The molecule has 0 aliphatic carbocycles. The molecule has 2 aromatic heterocycles. The Morgan fingerprint density at radius 1 is 1.20 bits per heavy atom. The van der Waals surface area contributed by atoms with Gasteiger partial charge in [0, 0.05) is 6.54 Å². The third-order valence-electron chi connectivity index (χ3n) is 4.20. The van der Waals surface area contributed by atoms with Crippen molar-refractivity contribution < 1.29 is 4.52 Å². The van der Waals surface area contributed by atoms with E-state index >= 15 is 0 Å². The first-order valence-corrected chi connectivity index (χ1v) is 8.51. The van der Waals surface area contributed by atoms with E-state index in [4.69, 9.17) is 4.52 Å². The molecule has 0 aliphatic heterocycles. The van der Waals surface area contributed by atoms with E-state index in [2.05, 4.69) is 76.5 Å². The van der Waals surface area contributed by atoms with Gasteiger partial charge in [0.1, 0.15) is 6.33 Å². The van der Waals surface area contributed by atoms with E-state index < -0.39 is 0 Å². The highest BCUT2D eigenvalue weighted by Crippen LogP contribution is 2.22. The number of aromatic amines is 1. The maximum Gasteiger partial charge on any atom is 0.244 e. The Labute approximate surface area is 147 Å². The summed E-state index contributed by atoms with van der Waals surface area (Å²) in [6, 6.07) is 6.50. The number of H-pyrrole nitrogens is 1. The zero-order valence-electron chi connectivity index (χ0n) is 15.1. The van der Waals surface area contributed by atoms with Gasteiger partial charge in [0.05, 0.1) is 6.04 Å². The van der Waals surface area contributed by atoms with Crippen molar-refractivity contribution in [1.29, 1.82) is 0 Å². The van der Waals surface area contributed by atoms with E-state index in [0.29, 0.717) is 23.5 Å². The summed E-state index contributed by atoms with van der Waals surface area (Å²) >= 11 is 0. The molecule has 0 spiro atoms. The van der Waals surface area contributed by atoms with Crippen molar-refractivity contribution in [3.8, 4) is 11.6 Å². The number of hydrogen-bond donors (Lipinski definition) is 2. The molecule has 0 bridgehead atoms. The topological polar surface area (TPSA) is 92.5 Å². The van der Waals surface area contributed by atoms with Gasteiger partial charge in [0.2, 0.25) is 11.7 Å². The fourth-order valence-electron chi connectivity index (χ4n) is 2.68. The molecule has 2 N–H and O–H groups in total. The largest absolute Gasteiger partial charge is 0.337 e. The number of aryl methyl sites for hydroxylation is 2. The Morgan fingerprint density at radius 3 is 2.72 bits per heavy atom. The van der Waals surface area contributed by atoms with Crippen molar-refractivity contribution >= 4 is 0 Å². The molecule has 132 valence electrons. The van der Waals surface area contributed by atoms with Gasteiger partial charge >= 0.3 is 0 Å². The van der Waals surface area contributed by atoms with E-state index in [-0.39, 0.29) is 6.04 Å². The minimum absolute atomic E-state index is 0.00854. The predicted octanol–water partition coefficient (Wildman–Crippen LogP) is 3.35. The van der Waals surface area contributed by atoms with Crippen molar-refractivity contribution in [2.75, 3.05) is 0 Å². The van der Waals surface area contributed by atoms with E-state index in [1.165, 1.54) is 23.0 Å². The molecule has 1 atom stereocenters. The van der Waals surface area contributed by atoms with Crippen molar-refractivity contribution in [1.82, 2.24) is 30.6 Å². The molecule has 0 aliphatic rings. The van der Waals surface area contributed by atoms with Crippen LogP contribution in [-0.2, 0) is 6.54 Å². The summed E-state index contributed by atoms with van der Waals surface area (Å²) in [4.78, 5) is 8.54. The second kappa shape index (κ2) is 7.57. The molecule has 1 aromatic carbocycles. The maximum absolute atomic E-state index is 5.47. The van der Waals surface area contributed by atoms with Crippen LogP contribution in [0.15, 0.2) is 29.0 Å². The summed E-state index contributed by atoms with van der Waals surface area (Å²) in [7, 11) is 0. The molecule has 0 saturated carbocycles. The Balaban J connectivity index is 1.74. The standard InChI is InChI=1S/C18H24N6O/c1-11(2)7-15(19-9-14-6-5-12(3)13(4)8-14)18-22-17(24-25-18)16-20-10-21-23-16/h5-6,8,10-11,15,19H,7,9H2,1-4H3,(H,20,21,23). The van der Waals surface area contributed by atoms with Crippen LogP contribution in [0.1, 0.15) is 48.9 Å². The molecule has 2 heterocycles. The van der Waals surface area contributed by atoms with Gasteiger partial charge in [-0.1, -0.05) is 37.2 Å². The maximum atomic E-state index is 5.47. The second-order valence-electron chi connectivity index (χ2n) is 6.77. The Bertz CT molecular complexity index is 809. The highest BCUT2D eigenvalue weighted by molar-refractivity contribution is 5.39. The van der Waals surface area contributed by atoms with E-state index in [1.54, 1.807) is 0 Å². The Hall–Kier alpha value is -2.54. The quantitative estimate of drug-likeness (QED) is 0.685. The van der Waals surface area contributed by atoms with E-state index in [1.807, 2.05) is 0 Å². The van der Waals surface area contributed by atoms with Gasteiger partial charge in [-0.2, -0.15) is 10.1 Å². The first kappa shape index (κ1) is 17.3. The van der Waals surface area contributed by atoms with Gasteiger partial charge in [-0.15, -0.1) is 0 Å². The summed E-state index contributed by atoms with van der Waals surface area (Å²) in [5.74, 6) is 2.00. The molecule has 0 radical (unpaired) electrons. The van der Waals surface area contributed by atoms with Crippen LogP contribution >= 0.6 is 0 Å². The molecule has 0 fully saturated rings. The summed E-state index contributed by atoms with van der Waals surface area (Å²) in [6.45, 7) is 9.36. The molecule has 0 saturated heterocycles. The average molecular weight is 340 g/mol. The third kappa shape index (κ3) is 4.30. The van der Waals surface area contributed by atoms with Crippen LogP contribution in [0, 0.1) is 19.8 Å². The summed E-state index contributed by atoms with van der Waals surface area (Å²) < 4.78 is 5.47. The SMILES string of the molecule is Cc1ccc(CNC(CC(C)C)c2nc(-c3ncn[nH]3)no2)cc1C. The van der Waals surface area contributed by atoms with Crippen molar-refractivity contribution in [2.45, 2.75) is 46.7 Å². The smallest absolute Gasteiger partial charge is 0.244 e. The monoisotopic (exact) mass is 340 g/mol. The lowest BCUT2D eigenvalue weighted by Crippen LogP contribution is -2.23. The average Bonchev–Trinajstić information content (AvgIpc) is 3.25. The molecular weight excluding hydrogens is 316 g/mol. The molecule has 0 amide bonds. The molecule has 25 heavy (non-hydrogen) atoms. The zero-order valence-corrected chi connectivity index (χ0v) is 15.1. The molecule has 7 heteroatoms. The van der Waals surface area contributed by atoms with Crippen molar-refractivity contribution in [2.24, 2.45) is 5.92 Å². The molecular formula is C18H24N6O. The lowest BCUT2D eigenvalue weighted by molar-refractivity contribution is 0.303. The van der Waals surface area contributed by atoms with Crippen molar-refractivity contribution in [3.05, 3.63) is 47.1 Å². The van der Waals surface area contributed by atoms with E-state index in [9.17, 15) is 0 Å². The van der Waals surface area contributed by atoms with Gasteiger partial charge in [-0.25, -0.2) is 4.98 Å². The van der Waals surface area contributed by atoms with Crippen LogP contribution in [0.3, 0.4) is 0 Å². The molecule has 3 rings (SSSR count). The number of aromatic nitrogens is 5. The lowest BCUT2D eigenvalue weighted by atomic mass is 10.0. The van der Waals surface area contributed by atoms with Crippen LogP contribution in [0.5, 0.6) is 0 Å². The molecule has 1 unspecified atom stereocenters. The highest BCUT2D eigenvalue weighted by atomic mass is 16.5. The number of benzene rings is 1. The lowest BCUT2D eigenvalue weighted by Gasteiger charge is -2.17. The van der Waals surface area contributed by atoms with Crippen molar-refractivity contribution in [3.63, 3.8) is 0 Å². The predicted molar refractivity (Wildman–Crippen MR) is 94.6 cm³/mol. The zero-order chi connectivity index (χ0) is 17.8. The fourth-order valence-corrected chi connectivity index (χ4v) is 2.68. The summed E-state index contributed by atoms with van der Waals surface area (Å²) in [5.41, 5.74) is 3.84. The third-order valence-corrected chi connectivity index (χ3v) is 4.20. The van der Waals surface area contributed by atoms with E-state index in [0.717, 1.165) is 13.0 Å². The second-order valence-corrected chi connectivity index (χ2v) is 6.77. The number of nitrogens with zero attached hydrogens (tertiary/aromatic N) is 4. The Kier molecular flexibility index (Phi) is 5.23. The van der Waals surface area contributed by atoms with Crippen LogP contribution in [0.4, 0.5) is 0 Å². The van der Waals surface area contributed by atoms with Gasteiger partial charge in [0.15, 0.2) is 5.82 Å². The number of rotatable bonds is 7. The molecule has 3 aromatic rings. The van der Waals surface area contributed by atoms with Gasteiger partial charge in [-0.3, -0.25) is 5.10 Å². The summed E-state index contributed by atoms with van der Waals surface area (Å²) in [5, 5.41) is 14.1. The first-order chi connectivity index (χ1) is 12.0. The van der Waals surface area contributed by atoms with Crippen LogP contribution in [0.25, 0.3) is 11.6 Å². The fraction of sp³-hybridized carbons (Fsp3) is 0.444. The van der Waals surface area contributed by atoms with Gasteiger partial charge in [0.25, 0.3) is 0 Å². The number of hydrogen-bond acceptors (Lipinski definition) is 6. The summed E-state index contributed by atoms with van der Waals surface area (Å²) in [6.07, 6.45) is 2.33. The first-order valence-electron chi connectivity index (χ1n) is 8.51. The number of nitrogens with one attached hydrogen (secondary N) is 2.